The minimum Gasteiger partial charge on any atom is -0.497 e. The average Bonchev–Trinajstić information content (AvgIpc) is 2.67. The fourth-order valence-electron chi connectivity index (χ4n) is 2.50. The SMILES string of the molecule is COc1ccc(S(=O)(=O)Nc2ccc(NCc3ccccn3)nc2)c(C)c1. The van der Waals surface area contributed by atoms with E-state index in [9.17, 15) is 8.42 Å². The quantitative estimate of drug-likeness (QED) is 0.650. The second-order valence-corrected chi connectivity index (χ2v) is 7.49. The first-order valence-corrected chi connectivity index (χ1v) is 9.73. The first-order valence-electron chi connectivity index (χ1n) is 8.25. The number of rotatable bonds is 7. The van der Waals surface area contributed by atoms with Gasteiger partial charge in [0.15, 0.2) is 0 Å². The summed E-state index contributed by atoms with van der Waals surface area (Å²) in [6, 6.07) is 13.9. The molecule has 0 saturated heterocycles. The van der Waals surface area contributed by atoms with E-state index in [0.717, 1.165) is 5.69 Å². The molecule has 0 atom stereocenters. The van der Waals surface area contributed by atoms with Crippen LogP contribution in [0, 0.1) is 6.92 Å². The van der Waals surface area contributed by atoms with Gasteiger partial charge in [-0.05, 0) is 55.0 Å². The zero-order valence-corrected chi connectivity index (χ0v) is 15.8. The molecular formula is C19H20N4O3S. The van der Waals surface area contributed by atoms with Gasteiger partial charge in [0, 0.05) is 6.20 Å². The van der Waals surface area contributed by atoms with E-state index < -0.39 is 10.0 Å². The van der Waals surface area contributed by atoms with E-state index in [2.05, 4.69) is 20.0 Å². The Bertz CT molecular complexity index is 1010. The molecule has 0 aliphatic heterocycles. The zero-order valence-electron chi connectivity index (χ0n) is 15.0. The predicted molar refractivity (Wildman–Crippen MR) is 104 cm³/mol. The standard InChI is InChI=1S/C19H20N4O3S/c1-14-11-17(26-2)7-8-18(14)27(24,25)23-16-6-9-19(22-13-16)21-12-15-5-3-4-10-20-15/h3-11,13,23H,12H2,1-2H3,(H,21,22). The molecule has 0 unspecified atom stereocenters. The van der Waals surface area contributed by atoms with Crippen LogP contribution in [0.5, 0.6) is 5.75 Å². The highest BCUT2D eigenvalue weighted by molar-refractivity contribution is 7.92. The van der Waals surface area contributed by atoms with Crippen molar-refractivity contribution in [1.82, 2.24) is 9.97 Å². The maximum absolute atomic E-state index is 12.6. The molecule has 0 bridgehead atoms. The molecule has 0 aliphatic rings. The third-order valence-corrected chi connectivity index (χ3v) is 5.41. The molecular weight excluding hydrogens is 364 g/mol. The van der Waals surface area contributed by atoms with Gasteiger partial charge in [-0.3, -0.25) is 9.71 Å². The van der Waals surface area contributed by atoms with Crippen LogP contribution < -0.4 is 14.8 Å². The minimum atomic E-state index is -3.71. The van der Waals surface area contributed by atoms with Gasteiger partial charge in [-0.2, -0.15) is 0 Å². The van der Waals surface area contributed by atoms with Gasteiger partial charge in [0.05, 0.1) is 36.1 Å². The van der Waals surface area contributed by atoms with Gasteiger partial charge < -0.3 is 10.1 Å². The monoisotopic (exact) mass is 384 g/mol. The molecule has 0 radical (unpaired) electrons. The molecule has 1 aromatic carbocycles. The Morgan fingerprint density at radius 3 is 2.56 bits per heavy atom. The summed E-state index contributed by atoms with van der Waals surface area (Å²) in [6.45, 7) is 2.25. The molecule has 2 N–H and O–H groups in total. The maximum atomic E-state index is 12.6. The van der Waals surface area contributed by atoms with Crippen LogP contribution in [0.4, 0.5) is 11.5 Å². The van der Waals surface area contributed by atoms with E-state index in [1.54, 1.807) is 37.4 Å². The molecule has 3 rings (SSSR count). The molecule has 140 valence electrons. The number of sulfonamides is 1. The summed E-state index contributed by atoms with van der Waals surface area (Å²) in [5.41, 5.74) is 1.87. The number of ether oxygens (including phenoxy) is 1. The Morgan fingerprint density at radius 2 is 1.93 bits per heavy atom. The summed E-state index contributed by atoms with van der Waals surface area (Å²) < 4.78 is 32.9. The largest absolute Gasteiger partial charge is 0.497 e. The van der Waals surface area contributed by atoms with Crippen LogP contribution in [-0.4, -0.2) is 25.5 Å². The second-order valence-electron chi connectivity index (χ2n) is 5.84. The van der Waals surface area contributed by atoms with Crippen molar-refractivity contribution in [3.8, 4) is 5.75 Å². The summed E-state index contributed by atoms with van der Waals surface area (Å²) in [5.74, 6) is 1.24. The lowest BCUT2D eigenvalue weighted by molar-refractivity contribution is 0.414. The van der Waals surface area contributed by atoms with E-state index >= 15 is 0 Å². The van der Waals surface area contributed by atoms with E-state index in [0.29, 0.717) is 29.4 Å². The first kappa shape index (κ1) is 18.7. The number of hydrogen-bond donors (Lipinski definition) is 2. The molecule has 2 aromatic heterocycles. The van der Waals surface area contributed by atoms with Crippen molar-refractivity contribution >= 4 is 21.5 Å². The number of aromatic nitrogens is 2. The Balaban J connectivity index is 1.68. The molecule has 0 fully saturated rings. The van der Waals surface area contributed by atoms with Crippen molar-refractivity contribution in [2.24, 2.45) is 0 Å². The predicted octanol–water partition coefficient (Wildman–Crippen LogP) is 3.21. The smallest absolute Gasteiger partial charge is 0.262 e. The Labute approximate surface area is 158 Å². The first-order chi connectivity index (χ1) is 13.0. The van der Waals surface area contributed by atoms with Crippen molar-refractivity contribution in [1.29, 1.82) is 0 Å². The van der Waals surface area contributed by atoms with Crippen LogP contribution in [0.2, 0.25) is 0 Å². The van der Waals surface area contributed by atoms with Crippen molar-refractivity contribution in [3.05, 3.63) is 72.2 Å². The maximum Gasteiger partial charge on any atom is 0.262 e. The number of anilines is 2. The summed E-state index contributed by atoms with van der Waals surface area (Å²) in [5, 5.41) is 3.14. The van der Waals surface area contributed by atoms with Gasteiger partial charge in [-0.1, -0.05) is 6.07 Å². The van der Waals surface area contributed by atoms with Crippen molar-refractivity contribution < 1.29 is 13.2 Å². The molecule has 0 saturated carbocycles. The van der Waals surface area contributed by atoms with Gasteiger partial charge in [0.2, 0.25) is 0 Å². The van der Waals surface area contributed by atoms with E-state index in [1.165, 1.54) is 19.4 Å². The highest BCUT2D eigenvalue weighted by Gasteiger charge is 2.17. The lowest BCUT2D eigenvalue weighted by Crippen LogP contribution is -2.14. The molecule has 8 heteroatoms. The molecule has 2 heterocycles. The Hall–Kier alpha value is -3.13. The minimum absolute atomic E-state index is 0.195. The van der Waals surface area contributed by atoms with Crippen LogP contribution in [0.15, 0.2) is 65.8 Å². The van der Waals surface area contributed by atoms with Crippen LogP contribution in [0.25, 0.3) is 0 Å². The Morgan fingerprint density at radius 1 is 1.07 bits per heavy atom. The molecule has 27 heavy (non-hydrogen) atoms. The number of benzene rings is 1. The van der Waals surface area contributed by atoms with E-state index in [-0.39, 0.29) is 4.90 Å². The van der Waals surface area contributed by atoms with Gasteiger partial charge in [-0.25, -0.2) is 13.4 Å². The van der Waals surface area contributed by atoms with E-state index in [1.807, 2.05) is 18.2 Å². The van der Waals surface area contributed by atoms with Crippen molar-refractivity contribution in [3.63, 3.8) is 0 Å². The number of hydrogen-bond acceptors (Lipinski definition) is 6. The van der Waals surface area contributed by atoms with Crippen LogP contribution in [0.3, 0.4) is 0 Å². The third kappa shape index (κ3) is 4.73. The molecule has 0 aliphatic carbocycles. The second kappa shape index (κ2) is 8.05. The number of nitrogens with one attached hydrogen (secondary N) is 2. The van der Waals surface area contributed by atoms with Crippen molar-refractivity contribution in [2.45, 2.75) is 18.4 Å². The average molecular weight is 384 g/mol. The summed E-state index contributed by atoms with van der Waals surface area (Å²) in [7, 11) is -2.18. The third-order valence-electron chi connectivity index (χ3n) is 3.86. The van der Waals surface area contributed by atoms with Crippen molar-refractivity contribution in [2.75, 3.05) is 17.1 Å². The zero-order chi connectivity index (χ0) is 19.3. The number of aryl methyl sites for hydroxylation is 1. The summed E-state index contributed by atoms with van der Waals surface area (Å²) in [4.78, 5) is 8.65. The van der Waals surface area contributed by atoms with Gasteiger partial charge in [0.25, 0.3) is 10.0 Å². The molecule has 3 aromatic rings. The fraction of sp³-hybridized carbons (Fsp3) is 0.158. The highest BCUT2D eigenvalue weighted by Crippen LogP contribution is 2.23. The number of methoxy groups -OCH3 is 1. The van der Waals surface area contributed by atoms with Gasteiger partial charge in [-0.15, -0.1) is 0 Å². The summed E-state index contributed by atoms with van der Waals surface area (Å²) >= 11 is 0. The number of nitrogens with zero attached hydrogens (tertiary/aromatic N) is 2. The van der Waals surface area contributed by atoms with Crippen LogP contribution in [-0.2, 0) is 16.6 Å². The topological polar surface area (TPSA) is 93.2 Å². The van der Waals surface area contributed by atoms with Crippen LogP contribution >= 0.6 is 0 Å². The highest BCUT2D eigenvalue weighted by atomic mass is 32.2. The van der Waals surface area contributed by atoms with Crippen LogP contribution in [0.1, 0.15) is 11.3 Å². The lowest BCUT2D eigenvalue weighted by Gasteiger charge is -2.12. The summed E-state index contributed by atoms with van der Waals surface area (Å²) in [6.07, 6.45) is 3.20. The normalized spacial score (nSPS) is 11.0. The van der Waals surface area contributed by atoms with Gasteiger partial charge >= 0.3 is 0 Å². The Kier molecular flexibility index (Phi) is 5.56. The van der Waals surface area contributed by atoms with Gasteiger partial charge in [0.1, 0.15) is 11.6 Å². The molecule has 0 amide bonds. The van der Waals surface area contributed by atoms with E-state index in [4.69, 9.17) is 4.74 Å². The fourth-order valence-corrected chi connectivity index (χ4v) is 3.77. The molecule has 0 spiro atoms. The number of pyridine rings is 2. The molecule has 7 nitrogen and oxygen atoms in total. The lowest BCUT2D eigenvalue weighted by atomic mass is 10.2.